The number of nitrogens with zero attached hydrogens (tertiary/aromatic N) is 4. The predicted molar refractivity (Wildman–Crippen MR) is 272 cm³/mol. The summed E-state index contributed by atoms with van der Waals surface area (Å²) in [5.41, 5.74) is 12.6. The van der Waals surface area contributed by atoms with Crippen molar-refractivity contribution < 1.29 is 29.6 Å². The van der Waals surface area contributed by atoms with Gasteiger partial charge in [0.2, 0.25) is 0 Å². The van der Waals surface area contributed by atoms with Crippen molar-refractivity contribution in [2.24, 2.45) is 0 Å². The van der Waals surface area contributed by atoms with Crippen molar-refractivity contribution in [3.63, 3.8) is 0 Å². The molecule has 2 heterocycles. The first-order valence-electron chi connectivity index (χ1n) is 22.5. The minimum Gasteiger partial charge on any atom is -0.478 e. The molecule has 0 fully saturated rings. The Kier molecular flexibility index (Phi) is 11.9. The fraction of sp³-hybridized carbons (Fsp3) is 0.0690. The van der Waals surface area contributed by atoms with Gasteiger partial charge in [-0.25, -0.2) is 9.59 Å². The third kappa shape index (κ3) is 8.80. The summed E-state index contributed by atoms with van der Waals surface area (Å²) in [7, 11) is 0. The van der Waals surface area contributed by atoms with Gasteiger partial charge in [-0.3, -0.25) is 20.2 Å². The zero-order valence-electron chi connectivity index (χ0n) is 37.3. The predicted octanol–water partition coefficient (Wildman–Crippen LogP) is 13.3. The fourth-order valence-electron chi connectivity index (χ4n) is 9.67. The first kappa shape index (κ1) is 44.4. The molecule has 0 amide bonds. The van der Waals surface area contributed by atoms with Crippen LogP contribution in [-0.2, 0) is 22.4 Å². The largest absolute Gasteiger partial charge is 0.478 e. The highest BCUT2D eigenvalue weighted by Gasteiger charge is 2.33. The van der Waals surface area contributed by atoms with Gasteiger partial charge in [0.25, 0.3) is 11.4 Å². The lowest BCUT2D eigenvalue weighted by molar-refractivity contribution is -0.385. The van der Waals surface area contributed by atoms with Crippen LogP contribution in [0.25, 0.3) is 34.4 Å². The average Bonchev–Trinajstić information content (AvgIpc) is 3.96. The van der Waals surface area contributed by atoms with Crippen LogP contribution in [0.2, 0.25) is 0 Å². The molecule has 8 aromatic rings. The van der Waals surface area contributed by atoms with Crippen molar-refractivity contribution in [3.8, 4) is 11.1 Å². The second kappa shape index (κ2) is 18.7. The molecule has 2 aliphatic heterocycles. The van der Waals surface area contributed by atoms with E-state index in [-0.39, 0.29) is 34.6 Å². The van der Waals surface area contributed by atoms with E-state index in [1.54, 1.807) is 12.2 Å². The molecule has 0 bridgehead atoms. The van der Waals surface area contributed by atoms with Crippen LogP contribution in [0.5, 0.6) is 0 Å². The highest BCUT2D eigenvalue weighted by molar-refractivity contribution is 6.21. The van der Waals surface area contributed by atoms with E-state index in [0.717, 1.165) is 56.1 Å². The molecular weight excluding hydrogens is 881 g/mol. The summed E-state index contributed by atoms with van der Waals surface area (Å²) in [5.74, 6) is -2.26. The Morgan fingerprint density at radius 3 is 1.16 bits per heavy atom. The number of nitro groups is 2. The van der Waals surface area contributed by atoms with Crippen molar-refractivity contribution in [3.05, 3.63) is 259 Å². The third-order valence-electron chi connectivity index (χ3n) is 13.0. The lowest BCUT2D eigenvalue weighted by Crippen LogP contribution is -2.19. The van der Waals surface area contributed by atoms with Crippen molar-refractivity contribution in [2.75, 3.05) is 9.80 Å². The minimum atomic E-state index is -1.13. The van der Waals surface area contributed by atoms with Crippen LogP contribution in [0.4, 0.5) is 34.1 Å². The molecule has 12 nitrogen and oxygen atoms in total. The number of fused-ring (bicyclic) bond motifs is 2. The van der Waals surface area contributed by atoms with E-state index >= 15 is 0 Å². The lowest BCUT2D eigenvalue weighted by atomic mass is 9.99. The standard InChI is InChI=1S/C58H42N4O8/c63-57(64)51(41-17-25-49(26-18-41)61(67)68)33-37-11-29-53-45(31-37)35-55(43-7-3-1-4-8-43)59(53)47-21-13-39(14-22-47)40-15-23-48(24-16-40)60-54-30-12-38(32-46(54)36-56(60)44-9-5-2-6-10-44)34-52(58(65)66)42-19-27-50(28-20-42)62(69)70/h1-34,55-56H,35-36H2,(H,63,64)(H,65,66)/b51-33-,52-34+. The van der Waals surface area contributed by atoms with Crippen LogP contribution in [0.3, 0.4) is 0 Å². The maximum absolute atomic E-state index is 12.4. The molecule has 2 unspecified atom stereocenters. The second-order valence-electron chi connectivity index (χ2n) is 17.2. The van der Waals surface area contributed by atoms with Crippen LogP contribution >= 0.6 is 0 Å². The molecular formula is C58H42N4O8. The molecule has 10 rings (SSSR count). The molecule has 8 aromatic carbocycles. The van der Waals surface area contributed by atoms with Crippen LogP contribution in [0.15, 0.2) is 194 Å². The van der Waals surface area contributed by atoms with Gasteiger partial charge < -0.3 is 20.0 Å². The summed E-state index contributed by atoms with van der Waals surface area (Å²) < 4.78 is 0. The Hall–Kier alpha value is -9.42. The van der Waals surface area contributed by atoms with Crippen molar-refractivity contribution in [1.29, 1.82) is 0 Å². The van der Waals surface area contributed by atoms with Gasteiger partial charge in [-0.1, -0.05) is 97.1 Å². The number of hydrogen-bond donors (Lipinski definition) is 2. The number of hydrogen-bond acceptors (Lipinski definition) is 8. The first-order valence-corrected chi connectivity index (χ1v) is 22.5. The molecule has 2 N–H and O–H groups in total. The number of aliphatic carboxylic acids is 2. The first-order chi connectivity index (χ1) is 34.0. The third-order valence-corrected chi connectivity index (χ3v) is 13.0. The molecule has 0 saturated heterocycles. The highest BCUT2D eigenvalue weighted by Crippen LogP contribution is 2.48. The summed E-state index contributed by atoms with van der Waals surface area (Å²) in [4.78, 5) is 50.9. The second-order valence-corrected chi connectivity index (χ2v) is 17.2. The summed E-state index contributed by atoms with van der Waals surface area (Å²) in [6.07, 6.45) is 4.60. The number of carbonyl (C=O) groups is 2. The summed E-state index contributed by atoms with van der Waals surface area (Å²) >= 11 is 0. The fourth-order valence-corrected chi connectivity index (χ4v) is 9.67. The maximum atomic E-state index is 12.4. The zero-order valence-corrected chi connectivity index (χ0v) is 37.3. The van der Waals surface area contributed by atoms with Crippen LogP contribution in [-0.4, -0.2) is 32.0 Å². The van der Waals surface area contributed by atoms with Crippen LogP contribution in [0.1, 0.15) is 56.6 Å². The van der Waals surface area contributed by atoms with Gasteiger partial charge >= 0.3 is 11.9 Å². The minimum absolute atomic E-state index is 0.0172. The number of anilines is 4. The number of rotatable bonds is 13. The summed E-state index contributed by atoms with van der Waals surface area (Å²) in [6, 6.07) is 60.5. The Labute approximate surface area is 402 Å². The topological polar surface area (TPSA) is 167 Å². The van der Waals surface area contributed by atoms with E-state index in [2.05, 4.69) is 82.6 Å². The SMILES string of the molecule is O=C(O)/C(=C\c1ccc2c(c1)CC(c1ccccc1)N2c1ccc(-c2ccc(N3c4ccc(/C=C(/C(=O)O)c5ccc([N+](=O)[O-])cc5)cc4CC3c3ccccc3)cc2)cc1)c1ccc([N+](=O)[O-])cc1. The molecule has 12 heteroatoms. The Morgan fingerprint density at radius 2 is 0.829 bits per heavy atom. The Bertz CT molecular complexity index is 3150. The molecule has 0 saturated carbocycles. The number of carboxylic acids is 2. The number of nitro benzene ring substituents is 2. The Morgan fingerprint density at radius 1 is 0.471 bits per heavy atom. The molecule has 70 heavy (non-hydrogen) atoms. The number of benzene rings is 8. The molecule has 0 spiro atoms. The monoisotopic (exact) mass is 922 g/mol. The van der Waals surface area contributed by atoms with Crippen LogP contribution in [0, 0.1) is 20.2 Å². The maximum Gasteiger partial charge on any atom is 0.336 e. The average molecular weight is 923 g/mol. The van der Waals surface area contributed by atoms with Gasteiger partial charge in [-0.05, 0) is 153 Å². The number of non-ortho nitro benzene ring substituents is 2. The van der Waals surface area contributed by atoms with Crippen molar-refractivity contribution >= 4 is 69.4 Å². The van der Waals surface area contributed by atoms with E-state index < -0.39 is 21.8 Å². The Balaban J connectivity index is 0.931. The van der Waals surface area contributed by atoms with Crippen LogP contribution < -0.4 is 9.80 Å². The van der Waals surface area contributed by atoms with E-state index in [1.807, 2.05) is 72.8 Å². The van der Waals surface area contributed by atoms with Gasteiger partial charge in [0.05, 0.1) is 33.1 Å². The molecule has 0 radical (unpaired) electrons. The van der Waals surface area contributed by atoms with Crippen molar-refractivity contribution in [1.82, 2.24) is 0 Å². The normalized spacial score (nSPS) is 15.3. The van der Waals surface area contributed by atoms with E-state index in [4.69, 9.17) is 0 Å². The van der Waals surface area contributed by atoms with Crippen molar-refractivity contribution in [2.45, 2.75) is 24.9 Å². The van der Waals surface area contributed by atoms with E-state index in [0.29, 0.717) is 35.1 Å². The molecule has 0 aliphatic carbocycles. The summed E-state index contributed by atoms with van der Waals surface area (Å²) in [6.45, 7) is 0. The molecule has 2 atom stereocenters. The molecule has 0 aromatic heterocycles. The lowest BCUT2D eigenvalue weighted by Gasteiger charge is -2.29. The smallest absolute Gasteiger partial charge is 0.336 e. The quantitative estimate of drug-likeness (QED) is 0.0491. The van der Waals surface area contributed by atoms with Gasteiger partial charge in [0, 0.05) is 47.0 Å². The molecule has 342 valence electrons. The van der Waals surface area contributed by atoms with Gasteiger partial charge in [-0.2, -0.15) is 0 Å². The zero-order chi connectivity index (χ0) is 48.5. The van der Waals surface area contributed by atoms with E-state index in [9.17, 15) is 40.0 Å². The van der Waals surface area contributed by atoms with Gasteiger partial charge in [0.1, 0.15) is 0 Å². The molecule has 2 aliphatic rings. The highest BCUT2D eigenvalue weighted by atomic mass is 16.6. The summed E-state index contributed by atoms with van der Waals surface area (Å²) in [5, 5.41) is 42.7. The van der Waals surface area contributed by atoms with E-state index in [1.165, 1.54) is 48.5 Å². The van der Waals surface area contributed by atoms with Gasteiger partial charge in [-0.15, -0.1) is 0 Å². The number of carboxylic acid groups (broad SMARTS) is 2. The van der Waals surface area contributed by atoms with Gasteiger partial charge in [0.15, 0.2) is 0 Å².